The summed E-state index contributed by atoms with van der Waals surface area (Å²) in [7, 11) is 0. The van der Waals surface area contributed by atoms with E-state index in [0.29, 0.717) is 5.69 Å². The van der Waals surface area contributed by atoms with Gasteiger partial charge in [0.05, 0.1) is 12.2 Å². The second kappa shape index (κ2) is 2.92. The van der Waals surface area contributed by atoms with Gasteiger partial charge in [-0.05, 0) is 12.8 Å². The predicted molar refractivity (Wildman–Crippen MR) is 46.3 cm³/mol. The summed E-state index contributed by atoms with van der Waals surface area (Å²) < 4.78 is 1.70. The largest absolute Gasteiger partial charge is 0.326 e. The van der Waals surface area contributed by atoms with Gasteiger partial charge in [-0.15, -0.1) is 5.10 Å². The zero-order valence-corrected chi connectivity index (χ0v) is 7.47. The fourth-order valence-electron chi connectivity index (χ4n) is 1.44. The topological polar surface area (TPSA) is 73.8 Å². The molecule has 0 amide bonds. The van der Waals surface area contributed by atoms with Crippen LogP contribution in [0.3, 0.4) is 0 Å². The van der Waals surface area contributed by atoms with E-state index in [2.05, 4.69) is 10.3 Å². The number of carbonyl (C=O) groups excluding carboxylic acids is 1. The van der Waals surface area contributed by atoms with Crippen LogP contribution in [-0.2, 0) is 0 Å². The second-order valence-electron chi connectivity index (χ2n) is 3.45. The molecule has 0 saturated heterocycles. The minimum absolute atomic E-state index is 0.0563. The molecule has 1 saturated carbocycles. The average molecular weight is 180 g/mol. The predicted octanol–water partition coefficient (Wildman–Crippen LogP) is 0.143. The van der Waals surface area contributed by atoms with E-state index in [1.54, 1.807) is 10.9 Å². The number of ketones is 1. The molecule has 0 aliphatic heterocycles. The van der Waals surface area contributed by atoms with Gasteiger partial charge in [0.1, 0.15) is 5.69 Å². The van der Waals surface area contributed by atoms with Crippen molar-refractivity contribution in [3.05, 3.63) is 11.9 Å². The molecule has 0 radical (unpaired) electrons. The first-order chi connectivity index (χ1) is 6.18. The molecule has 0 bridgehead atoms. The minimum atomic E-state index is -0.0563. The summed E-state index contributed by atoms with van der Waals surface area (Å²) in [6.45, 7) is 1.48. The number of hydrogen-bond acceptors (Lipinski definition) is 4. The molecule has 13 heavy (non-hydrogen) atoms. The summed E-state index contributed by atoms with van der Waals surface area (Å²) in [4.78, 5) is 10.9. The zero-order valence-electron chi connectivity index (χ0n) is 7.47. The van der Waals surface area contributed by atoms with Crippen LogP contribution < -0.4 is 5.73 Å². The number of Topliss-reactive ketones (excluding diaryl/α,β-unsaturated/α-hetero) is 1. The molecule has 1 aliphatic rings. The molecule has 2 atom stereocenters. The van der Waals surface area contributed by atoms with Crippen LogP contribution >= 0.6 is 0 Å². The van der Waals surface area contributed by atoms with Gasteiger partial charge in [-0.3, -0.25) is 4.79 Å². The fourth-order valence-corrected chi connectivity index (χ4v) is 1.44. The lowest BCUT2D eigenvalue weighted by molar-refractivity contribution is 0.101. The van der Waals surface area contributed by atoms with Crippen molar-refractivity contribution in [2.24, 2.45) is 5.73 Å². The maximum Gasteiger partial charge on any atom is 0.181 e. The monoisotopic (exact) mass is 180 g/mol. The molecule has 0 aromatic carbocycles. The van der Waals surface area contributed by atoms with Crippen molar-refractivity contribution in [3.63, 3.8) is 0 Å². The van der Waals surface area contributed by atoms with Gasteiger partial charge >= 0.3 is 0 Å². The lowest BCUT2D eigenvalue weighted by Crippen LogP contribution is -2.41. The van der Waals surface area contributed by atoms with Gasteiger partial charge in [0.15, 0.2) is 5.78 Å². The van der Waals surface area contributed by atoms with Crippen LogP contribution in [0, 0.1) is 0 Å². The average Bonchev–Trinajstić information content (AvgIpc) is 2.50. The van der Waals surface area contributed by atoms with Crippen molar-refractivity contribution >= 4 is 5.78 Å². The Morgan fingerprint density at radius 3 is 2.85 bits per heavy atom. The van der Waals surface area contributed by atoms with Gasteiger partial charge in [0.2, 0.25) is 0 Å². The summed E-state index contributed by atoms with van der Waals surface area (Å²) in [6.07, 6.45) is 3.73. The van der Waals surface area contributed by atoms with Crippen LogP contribution in [0.4, 0.5) is 0 Å². The van der Waals surface area contributed by atoms with Crippen LogP contribution in [0.1, 0.15) is 36.3 Å². The van der Waals surface area contributed by atoms with E-state index in [1.165, 1.54) is 6.92 Å². The van der Waals surface area contributed by atoms with Crippen LogP contribution in [0.5, 0.6) is 0 Å². The molecule has 1 fully saturated rings. The van der Waals surface area contributed by atoms with Gasteiger partial charge in [-0.25, -0.2) is 4.68 Å². The molecule has 1 aromatic rings. The van der Waals surface area contributed by atoms with E-state index in [9.17, 15) is 4.79 Å². The molecule has 2 unspecified atom stereocenters. The maximum atomic E-state index is 10.9. The SMILES string of the molecule is CC(=O)c1cn(C2CCC2N)nn1. The molecule has 5 nitrogen and oxygen atoms in total. The van der Waals surface area contributed by atoms with E-state index in [1.807, 2.05) is 0 Å². The Bertz CT molecular complexity index is 333. The zero-order chi connectivity index (χ0) is 9.42. The Morgan fingerprint density at radius 2 is 2.46 bits per heavy atom. The molecule has 0 spiro atoms. The van der Waals surface area contributed by atoms with E-state index >= 15 is 0 Å². The van der Waals surface area contributed by atoms with E-state index in [0.717, 1.165) is 12.8 Å². The fraction of sp³-hybridized carbons (Fsp3) is 0.625. The number of hydrogen-bond donors (Lipinski definition) is 1. The van der Waals surface area contributed by atoms with Crippen LogP contribution in [-0.4, -0.2) is 26.8 Å². The number of aromatic nitrogens is 3. The molecular weight excluding hydrogens is 168 g/mol. The van der Waals surface area contributed by atoms with Gasteiger partial charge in [-0.2, -0.15) is 0 Å². The minimum Gasteiger partial charge on any atom is -0.326 e. The molecule has 5 heteroatoms. The third kappa shape index (κ3) is 1.35. The molecular formula is C8H12N4O. The number of rotatable bonds is 2. The lowest BCUT2D eigenvalue weighted by Gasteiger charge is -2.32. The van der Waals surface area contributed by atoms with Crippen LogP contribution in [0.15, 0.2) is 6.20 Å². The number of carbonyl (C=O) groups is 1. The van der Waals surface area contributed by atoms with Crippen molar-refractivity contribution in [2.45, 2.75) is 31.8 Å². The Labute approximate surface area is 75.9 Å². The number of nitrogens with two attached hydrogens (primary N) is 1. The summed E-state index contributed by atoms with van der Waals surface area (Å²) >= 11 is 0. The normalized spacial score (nSPS) is 26.9. The van der Waals surface area contributed by atoms with Crippen molar-refractivity contribution in [2.75, 3.05) is 0 Å². The Kier molecular flexibility index (Phi) is 1.88. The lowest BCUT2D eigenvalue weighted by atomic mass is 9.87. The number of nitrogens with zero attached hydrogens (tertiary/aromatic N) is 3. The highest BCUT2D eigenvalue weighted by Gasteiger charge is 2.30. The summed E-state index contributed by atoms with van der Waals surface area (Å²) in [5, 5.41) is 7.64. The smallest absolute Gasteiger partial charge is 0.181 e. The molecule has 70 valence electrons. The molecule has 2 N–H and O–H groups in total. The third-order valence-corrected chi connectivity index (χ3v) is 2.50. The standard InChI is InChI=1S/C8H12N4O/c1-5(13)7-4-12(11-10-7)8-3-2-6(8)9/h4,6,8H,2-3,9H2,1H3. The quantitative estimate of drug-likeness (QED) is 0.657. The van der Waals surface area contributed by atoms with Gasteiger partial charge in [-0.1, -0.05) is 5.21 Å². The Hall–Kier alpha value is -1.23. The van der Waals surface area contributed by atoms with E-state index in [-0.39, 0.29) is 17.9 Å². The molecule has 1 aromatic heterocycles. The summed E-state index contributed by atoms with van der Waals surface area (Å²) in [5.74, 6) is -0.0563. The highest BCUT2D eigenvalue weighted by atomic mass is 16.1. The molecule has 1 aliphatic carbocycles. The Balaban J connectivity index is 2.17. The van der Waals surface area contributed by atoms with Crippen molar-refractivity contribution in [3.8, 4) is 0 Å². The maximum absolute atomic E-state index is 10.9. The summed E-state index contributed by atoms with van der Waals surface area (Å²) in [6, 6.07) is 0.405. The van der Waals surface area contributed by atoms with E-state index in [4.69, 9.17) is 5.73 Å². The molecule has 2 rings (SSSR count). The third-order valence-electron chi connectivity index (χ3n) is 2.50. The van der Waals surface area contributed by atoms with Crippen molar-refractivity contribution in [1.29, 1.82) is 0 Å². The van der Waals surface area contributed by atoms with Crippen LogP contribution in [0.2, 0.25) is 0 Å². The first-order valence-electron chi connectivity index (χ1n) is 4.37. The first-order valence-corrected chi connectivity index (χ1v) is 4.37. The second-order valence-corrected chi connectivity index (χ2v) is 3.45. The van der Waals surface area contributed by atoms with E-state index < -0.39 is 0 Å². The van der Waals surface area contributed by atoms with Gasteiger partial charge in [0.25, 0.3) is 0 Å². The highest BCUT2D eigenvalue weighted by molar-refractivity contribution is 5.91. The van der Waals surface area contributed by atoms with Crippen LogP contribution in [0.25, 0.3) is 0 Å². The highest BCUT2D eigenvalue weighted by Crippen LogP contribution is 2.29. The van der Waals surface area contributed by atoms with Crippen molar-refractivity contribution in [1.82, 2.24) is 15.0 Å². The van der Waals surface area contributed by atoms with Gasteiger partial charge in [0, 0.05) is 13.0 Å². The molecule has 1 heterocycles. The first kappa shape index (κ1) is 8.37. The summed E-state index contributed by atoms with van der Waals surface area (Å²) in [5.41, 5.74) is 6.18. The Morgan fingerprint density at radius 1 is 1.69 bits per heavy atom. The van der Waals surface area contributed by atoms with Gasteiger partial charge < -0.3 is 5.73 Å². The van der Waals surface area contributed by atoms with Crippen molar-refractivity contribution < 1.29 is 4.79 Å².